The van der Waals surface area contributed by atoms with Gasteiger partial charge in [-0.05, 0) is 30.7 Å². The highest BCUT2D eigenvalue weighted by Crippen LogP contribution is 2.20. The van der Waals surface area contributed by atoms with Crippen molar-refractivity contribution in [2.45, 2.75) is 18.9 Å². The lowest BCUT2D eigenvalue weighted by Gasteiger charge is -2.16. The number of rotatable bonds is 6. The number of nitriles is 1. The first-order valence-corrected chi connectivity index (χ1v) is 5.73. The highest BCUT2D eigenvalue weighted by Gasteiger charge is 2.11. The van der Waals surface area contributed by atoms with Crippen molar-refractivity contribution in [2.75, 3.05) is 13.2 Å². The highest BCUT2D eigenvalue weighted by molar-refractivity contribution is 6.30. The molecule has 17 heavy (non-hydrogen) atoms. The molecule has 3 nitrogen and oxygen atoms in total. The first-order valence-electron chi connectivity index (χ1n) is 5.35. The molecule has 0 heterocycles. The van der Waals surface area contributed by atoms with Crippen LogP contribution in [0.25, 0.3) is 0 Å². The molecule has 1 unspecified atom stereocenters. The van der Waals surface area contributed by atoms with E-state index in [4.69, 9.17) is 16.9 Å². The molecule has 0 aromatic heterocycles. The normalized spacial score (nSPS) is 12.1. The highest BCUT2D eigenvalue weighted by atomic mass is 35.5. The third kappa shape index (κ3) is 4.31. The Kier molecular flexibility index (Phi) is 5.92. The van der Waals surface area contributed by atoms with Crippen LogP contribution in [0.1, 0.15) is 24.4 Å². The van der Waals surface area contributed by atoms with Gasteiger partial charge in [0.15, 0.2) is 0 Å². The Morgan fingerprint density at radius 3 is 2.88 bits per heavy atom. The van der Waals surface area contributed by atoms with Crippen molar-refractivity contribution in [1.29, 1.82) is 5.26 Å². The molecule has 92 valence electrons. The zero-order chi connectivity index (χ0) is 12.7. The van der Waals surface area contributed by atoms with Crippen LogP contribution in [0.15, 0.2) is 18.2 Å². The van der Waals surface area contributed by atoms with Crippen LogP contribution in [0.2, 0.25) is 5.02 Å². The Balaban J connectivity index is 2.60. The Hall–Kier alpha value is -1.15. The van der Waals surface area contributed by atoms with Gasteiger partial charge in [0, 0.05) is 6.42 Å². The maximum absolute atomic E-state index is 13.2. The second-order valence-electron chi connectivity index (χ2n) is 3.62. The quantitative estimate of drug-likeness (QED) is 0.769. The molecule has 1 rings (SSSR count). The minimum Gasteiger partial charge on any atom is -0.394 e. The van der Waals surface area contributed by atoms with Crippen LogP contribution >= 0.6 is 11.6 Å². The van der Waals surface area contributed by atoms with Crippen molar-refractivity contribution >= 4 is 11.6 Å². The van der Waals surface area contributed by atoms with E-state index in [1.54, 1.807) is 6.07 Å². The SMILES string of the molecule is N#CCCCNC(CO)c1ccc(Cl)c(F)c1. The maximum Gasteiger partial charge on any atom is 0.142 e. The average molecular weight is 257 g/mol. The zero-order valence-electron chi connectivity index (χ0n) is 9.29. The molecule has 0 spiro atoms. The summed E-state index contributed by atoms with van der Waals surface area (Å²) in [6.45, 7) is 0.469. The minimum atomic E-state index is -0.499. The second-order valence-corrected chi connectivity index (χ2v) is 4.03. The minimum absolute atomic E-state index is 0.0647. The molecule has 1 aromatic carbocycles. The summed E-state index contributed by atoms with van der Waals surface area (Å²) in [5.74, 6) is -0.499. The molecule has 0 radical (unpaired) electrons. The van der Waals surface area contributed by atoms with Crippen LogP contribution in [0.5, 0.6) is 0 Å². The van der Waals surface area contributed by atoms with Crippen molar-refractivity contribution < 1.29 is 9.50 Å². The molecule has 0 aliphatic rings. The summed E-state index contributed by atoms with van der Waals surface area (Å²) < 4.78 is 13.2. The summed E-state index contributed by atoms with van der Waals surface area (Å²) in [6, 6.07) is 6.14. The van der Waals surface area contributed by atoms with Crippen LogP contribution < -0.4 is 5.32 Å². The lowest BCUT2D eigenvalue weighted by atomic mass is 10.1. The van der Waals surface area contributed by atoms with E-state index in [2.05, 4.69) is 5.32 Å². The van der Waals surface area contributed by atoms with E-state index in [0.29, 0.717) is 24.9 Å². The number of halogens is 2. The lowest BCUT2D eigenvalue weighted by molar-refractivity contribution is 0.244. The number of hydrogen-bond acceptors (Lipinski definition) is 3. The van der Waals surface area contributed by atoms with Gasteiger partial charge in [0.2, 0.25) is 0 Å². The Morgan fingerprint density at radius 2 is 2.29 bits per heavy atom. The van der Waals surface area contributed by atoms with E-state index in [0.717, 1.165) is 0 Å². The van der Waals surface area contributed by atoms with E-state index in [9.17, 15) is 9.50 Å². The number of benzene rings is 1. The van der Waals surface area contributed by atoms with Crippen molar-refractivity contribution in [3.05, 3.63) is 34.6 Å². The molecule has 0 aliphatic carbocycles. The average Bonchev–Trinajstić information content (AvgIpc) is 2.33. The maximum atomic E-state index is 13.2. The first-order chi connectivity index (χ1) is 8.19. The molecular weight excluding hydrogens is 243 g/mol. The van der Waals surface area contributed by atoms with E-state index < -0.39 is 5.82 Å². The molecule has 0 fully saturated rings. The number of aliphatic hydroxyl groups excluding tert-OH is 1. The largest absolute Gasteiger partial charge is 0.394 e. The topological polar surface area (TPSA) is 56.0 Å². The van der Waals surface area contributed by atoms with Gasteiger partial charge >= 0.3 is 0 Å². The van der Waals surface area contributed by atoms with Crippen molar-refractivity contribution in [3.63, 3.8) is 0 Å². The van der Waals surface area contributed by atoms with Gasteiger partial charge in [0.1, 0.15) is 5.82 Å². The predicted molar refractivity (Wildman–Crippen MR) is 64.1 cm³/mol. The monoisotopic (exact) mass is 256 g/mol. The molecular formula is C12H14ClFN2O. The standard InChI is InChI=1S/C12H14ClFN2O/c13-10-4-3-9(7-11(10)14)12(8-17)16-6-2-1-5-15/h3-4,7,12,16-17H,1-2,6,8H2. The fourth-order valence-corrected chi connectivity index (χ4v) is 1.58. The van der Waals surface area contributed by atoms with Crippen molar-refractivity contribution in [1.82, 2.24) is 5.32 Å². The first kappa shape index (κ1) is 13.9. The molecule has 0 saturated heterocycles. The number of unbranched alkanes of at least 4 members (excludes halogenated alkanes) is 1. The predicted octanol–water partition coefficient (Wildman–Crippen LogP) is 2.41. The molecule has 1 atom stereocenters. The van der Waals surface area contributed by atoms with Crippen LogP contribution in [-0.4, -0.2) is 18.3 Å². The summed E-state index contributed by atoms with van der Waals surface area (Å²) >= 11 is 5.58. The number of aliphatic hydroxyl groups is 1. The lowest BCUT2D eigenvalue weighted by Crippen LogP contribution is -2.25. The molecule has 0 bridgehead atoms. The second kappa shape index (κ2) is 7.23. The Bertz CT molecular complexity index is 406. The van der Waals surface area contributed by atoms with E-state index in [1.165, 1.54) is 12.1 Å². The Morgan fingerprint density at radius 1 is 1.53 bits per heavy atom. The van der Waals surface area contributed by atoms with Gasteiger partial charge in [-0.3, -0.25) is 0 Å². The van der Waals surface area contributed by atoms with Crippen LogP contribution in [-0.2, 0) is 0 Å². The van der Waals surface area contributed by atoms with Crippen LogP contribution in [0.3, 0.4) is 0 Å². The van der Waals surface area contributed by atoms with Gasteiger partial charge < -0.3 is 10.4 Å². The molecule has 0 amide bonds. The molecule has 1 aromatic rings. The zero-order valence-corrected chi connectivity index (χ0v) is 10.0. The summed E-state index contributed by atoms with van der Waals surface area (Å²) in [5, 5.41) is 20.7. The molecule has 5 heteroatoms. The summed E-state index contributed by atoms with van der Waals surface area (Å²) in [6.07, 6.45) is 1.16. The van der Waals surface area contributed by atoms with Crippen molar-refractivity contribution in [2.24, 2.45) is 0 Å². The van der Waals surface area contributed by atoms with Gasteiger partial charge in [-0.25, -0.2) is 4.39 Å². The third-order valence-corrected chi connectivity index (χ3v) is 2.69. The van der Waals surface area contributed by atoms with Crippen LogP contribution in [0.4, 0.5) is 4.39 Å². The van der Waals surface area contributed by atoms with E-state index >= 15 is 0 Å². The number of nitrogens with one attached hydrogen (secondary N) is 1. The van der Waals surface area contributed by atoms with Gasteiger partial charge in [-0.2, -0.15) is 5.26 Å². The third-order valence-electron chi connectivity index (χ3n) is 2.38. The van der Waals surface area contributed by atoms with E-state index in [1.807, 2.05) is 6.07 Å². The van der Waals surface area contributed by atoms with E-state index in [-0.39, 0.29) is 17.7 Å². The molecule has 0 aliphatic heterocycles. The van der Waals surface area contributed by atoms with Gasteiger partial charge in [-0.15, -0.1) is 0 Å². The van der Waals surface area contributed by atoms with Gasteiger partial charge in [0.05, 0.1) is 23.7 Å². The summed E-state index contributed by atoms with van der Waals surface area (Å²) in [7, 11) is 0. The van der Waals surface area contributed by atoms with Gasteiger partial charge in [0.25, 0.3) is 0 Å². The fraction of sp³-hybridized carbons (Fsp3) is 0.417. The smallest absolute Gasteiger partial charge is 0.142 e. The van der Waals surface area contributed by atoms with Gasteiger partial charge in [-0.1, -0.05) is 17.7 Å². The number of hydrogen-bond donors (Lipinski definition) is 2. The summed E-state index contributed by atoms with van der Waals surface area (Å²) in [5.41, 5.74) is 0.645. The number of nitrogens with zero attached hydrogens (tertiary/aromatic N) is 1. The fourth-order valence-electron chi connectivity index (χ4n) is 1.46. The molecule has 2 N–H and O–H groups in total. The molecule has 0 saturated carbocycles. The van der Waals surface area contributed by atoms with Crippen molar-refractivity contribution in [3.8, 4) is 6.07 Å². The van der Waals surface area contributed by atoms with Crippen LogP contribution in [0, 0.1) is 17.1 Å². The summed E-state index contributed by atoms with van der Waals surface area (Å²) in [4.78, 5) is 0. The Labute approximate surface area is 105 Å².